The lowest BCUT2D eigenvalue weighted by molar-refractivity contribution is -0.105. The third kappa shape index (κ3) is 3.00. The number of aliphatic hydroxyl groups is 1. The lowest BCUT2D eigenvalue weighted by Crippen LogP contribution is -2.59. The van der Waals surface area contributed by atoms with Crippen molar-refractivity contribution in [2.75, 3.05) is 7.11 Å². The van der Waals surface area contributed by atoms with Crippen molar-refractivity contribution in [1.29, 1.82) is 0 Å². The first-order valence-corrected chi connectivity index (χ1v) is 12.7. The first-order valence-electron chi connectivity index (χ1n) is 11.9. The van der Waals surface area contributed by atoms with Crippen molar-refractivity contribution >= 4 is 23.2 Å². The molecular formula is C27H34Cl2O4. The van der Waals surface area contributed by atoms with Gasteiger partial charge in [0.15, 0.2) is 0 Å². The maximum Gasteiger partial charge on any atom is 0.335 e. The first kappa shape index (κ1) is 23.7. The molecule has 1 aromatic rings. The van der Waals surface area contributed by atoms with Crippen LogP contribution >= 0.6 is 23.2 Å². The zero-order valence-electron chi connectivity index (χ0n) is 20.0. The molecule has 2 fully saturated rings. The van der Waals surface area contributed by atoms with Crippen molar-refractivity contribution in [2.45, 2.75) is 75.3 Å². The van der Waals surface area contributed by atoms with E-state index in [0.29, 0.717) is 5.92 Å². The number of hydrogen-bond acceptors (Lipinski definition) is 4. The lowest BCUT2D eigenvalue weighted by Gasteiger charge is -2.61. The Kier molecular flexibility index (Phi) is 5.18. The number of halogens is 2. The highest BCUT2D eigenvalue weighted by Gasteiger charge is 2.72. The second-order valence-corrected chi connectivity index (χ2v) is 13.3. The van der Waals surface area contributed by atoms with Gasteiger partial charge in [0.05, 0.1) is 18.0 Å². The van der Waals surface area contributed by atoms with Gasteiger partial charge in [-0.3, -0.25) is 0 Å². The van der Waals surface area contributed by atoms with Gasteiger partial charge in [-0.25, -0.2) is 4.79 Å². The summed E-state index contributed by atoms with van der Waals surface area (Å²) in [5.74, 6) is 0.254. The van der Waals surface area contributed by atoms with E-state index in [1.807, 2.05) is 0 Å². The molecule has 5 rings (SSSR count). The van der Waals surface area contributed by atoms with Crippen LogP contribution in [0.2, 0.25) is 0 Å². The summed E-state index contributed by atoms with van der Waals surface area (Å²) in [4.78, 5) is 11.6. The molecule has 2 saturated carbocycles. The van der Waals surface area contributed by atoms with E-state index in [1.165, 1.54) is 12.3 Å². The molecule has 4 aliphatic rings. The van der Waals surface area contributed by atoms with E-state index in [9.17, 15) is 9.90 Å². The Morgan fingerprint density at radius 2 is 1.91 bits per heavy atom. The van der Waals surface area contributed by atoms with Crippen molar-refractivity contribution in [3.63, 3.8) is 0 Å². The lowest BCUT2D eigenvalue weighted by atomic mass is 9.44. The Morgan fingerprint density at radius 1 is 1.18 bits per heavy atom. The quantitative estimate of drug-likeness (QED) is 0.405. The topological polar surface area (TPSA) is 59.7 Å². The molecule has 180 valence electrons. The molecule has 33 heavy (non-hydrogen) atoms. The van der Waals surface area contributed by atoms with E-state index >= 15 is 0 Å². The minimum Gasteiger partial charge on any atom is -0.431 e. The average molecular weight is 493 g/mol. The number of ether oxygens (including phenoxy) is 1. The minimum atomic E-state index is -1.18. The summed E-state index contributed by atoms with van der Waals surface area (Å²) in [6.07, 6.45) is 11.2. The van der Waals surface area contributed by atoms with Crippen molar-refractivity contribution in [2.24, 2.45) is 28.1 Å². The molecule has 4 aliphatic carbocycles. The summed E-state index contributed by atoms with van der Waals surface area (Å²) >= 11 is 14.0. The van der Waals surface area contributed by atoms with Crippen LogP contribution < -0.4 is 5.63 Å². The Balaban J connectivity index is 1.61. The van der Waals surface area contributed by atoms with Crippen LogP contribution in [0.5, 0.6) is 0 Å². The summed E-state index contributed by atoms with van der Waals surface area (Å²) in [7, 11) is 1.78. The molecule has 7 atom stereocenters. The molecule has 1 N–H and O–H groups in total. The van der Waals surface area contributed by atoms with Gasteiger partial charge in [-0.1, -0.05) is 45.9 Å². The summed E-state index contributed by atoms with van der Waals surface area (Å²) in [5, 5.41) is 12.4. The average Bonchev–Trinajstić information content (AvgIpc) is 2.89. The summed E-state index contributed by atoms with van der Waals surface area (Å²) in [5.41, 5.74) is -0.388. The van der Waals surface area contributed by atoms with Crippen molar-refractivity contribution in [3.05, 3.63) is 58.2 Å². The van der Waals surface area contributed by atoms with Crippen LogP contribution in [0.3, 0.4) is 0 Å². The van der Waals surface area contributed by atoms with Crippen LogP contribution in [-0.2, 0) is 4.74 Å². The Labute approximate surface area is 206 Å². The fourth-order valence-electron chi connectivity index (χ4n) is 8.33. The number of fused-ring (bicyclic) bond motifs is 5. The van der Waals surface area contributed by atoms with Crippen molar-refractivity contribution < 1.29 is 14.3 Å². The van der Waals surface area contributed by atoms with E-state index in [-0.39, 0.29) is 35.2 Å². The Bertz CT molecular complexity index is 1070. The van der Waals surface area contributed by atoms with E-state index in [1.54, 1.807) is 13.2 Å². The number of rotatable bonds is 2. The van der Waals surface area contributed by atoms with Gasteiger partial charge in [0, 0.05) is 30.9 Å². The molecule has 4 nitrogen and oxygen atoms in total. The van der Waals surface area contributed by atoms with E-state index in [4.69, 9.17) is 32.4 Å². The first-order chi connectivity index (χ1) is 15.3. The van der Waals surface area contributed by atoms with Crippen LogP contribution in [0.25, 0.3) is 0 Å². The molecule has 6 heteroatoms. The molecule has 0 spiro atoms. The Hall–Kier alpha value is -1.07. The summed E-state index contributed by atoms with van der Waals surface area (Å²) < 4.78 is 9.81. The van der Waals surface area contributed by atoms with E-state index in [0.717, 1.165) is 30.4 Å². The van der Waals surface area contributed by atoms with Gasteiger partial charge in [0.25, 0.3) is 0 Å². The van der Waals surface area contributed by atoms with Gasteiger partial charge in [0.1, 0.15) is 4.33 Å². The highest BCUT2D eigenvalue weighted by Crippen LogP contribution is 2.73. The molecule has 1 heterocycles. The van der Waals surface area contributed by atoms with Crippen LogP contribution in [0, 0.1) is 28.1 Å². The zero-order chi connectivity index (χ0) is 24.0. The summed E-state index contributed by atoms with van der Waals surface area (Å²) in [6, 6.07) is 3.14. The number of methoxy groups -OCH3 is 1. The fourth-order valence-corrected chi connectivity index (χ4v) is 9.45. The molecular weight excluding hydrogens is 459 g/mol. The van der Waals surface area contributed by atoms with Gasteiger partial charge in [-0.2, -0.15) is 0 Å². The predicted octanol–water partition coefficient (Wildman–Crippen LogP) is 6.01. The van der Waals surface area contributed by atoms with Crippen LogP contribution in [0.1, 0.15) is 64.9 Å². The van der Waals surface area contributed by atoms with Crippen molar-refractivity contribution in [3.8, 4) is 0 Å². The van der Waals surface area contributed by atoms with Gasteiger partial charge in [-0.15, -0.1) is 23.2 Å². The SMILES string of the molecule is CO[C@H]1C=C[C@]2(C)C3CC[C@]4(C)[C@@H](c5ccc(=O)oc5)C(Cl)(Cl)C[C@]4(O)C3=CCC2C1(C)C. The fraction of sp³-hybridized carbons (Fsp3) is 0.667. The van der Waals surface area contributed by atoms with Crippen LogP contribution in [0.4, 0.5) is 0 Å². The molecule has 2 unspecified atom stereocenters. The Morgan fingerprint density at radius 3 is 2.55 bits per heavy atom. The monoisotopic (exact) mass is 492 g/mol. The number of alkyl halides is 2. The smallest absolute Gasteiger partial charge is 0.335 e. The molecule has 0 aromatic carbocycles. The second kappa shape index (κ2) is 7.22. The summed E-state index contributed by atoms with van der Waals surface area (Å²) in [6.45, 7) is 9.04. The maximum atomic E-state index is 12.4. The predicted molar refractivity (Wildman–Crippen MR) is 131 cm³/mol. The zero-order valence-corrected chi connectivity index (χ0v) is 21.5. The molecule has 0 saturated heterocycles. The third-order valence-electron chi connectivity index (χ3n) is 9.95. The molecule has 1 aromatic heterocycles. The van der Waals surface area contributed by atoms with Crippen LogP contribution in [0.15, 0.2) is 51.4 Å². The molecule has 0 amide bonds. The molecule has 0 radical (unpaired) electrons. The highest BCUT2D eigenvalue weighted by molar-refractivity contribution is 6.49. The minimum absolute atomic E-state index is 0.0217. The van der Waals surface area contributed by atoms with Gasteiger partial charge in [-0.05, 0) is 59.1 Å². The normalized spacial score (nSPS) is 45.0. The molecule has 0 bridgehead atoms. The number of allylic oxidation sites excluding steroid dienone is 2. The maximum absolute atomic E-state index is 12.4. The number of hydrogen-bond donors (Lipinski definition) is 1. The van der Waals surface area contributed by atoms with Gasteiger partial charge >= 0.3 is 5.63 Å². The van der Waals surface area contributed by atoms with Gasteiger partial charge < -0.3 is 14.3 Å². The third-order valence-corrected chi connectivity index (χ3v) is 10.7. The standard InChI is InChI=1S/C27H34Cl2O4/c1-23(2)19-8-7-18-17(24(19,3)12-11-20(23)32-5)10-13-25(4)22(16-6-9-21(30)33-14-16)27(28,29)15-26(18,25)31/h6-7,9,11-12,14,17,19-20,22,31H,8,10,13,15H2,1-5H3/t17?,19?,20-,22+,24+,25+,26-/m0/s1. The van der Waals surface area contributed by atoms with E-state index < -0.39 is 21.0 Å². The van der Waals surface area contributed by atoms with Gasteiger partial charge in [0.2, 0.25) is 0 Å². The molecule has 0 aliphatic heterocycles. The highest BCUT2D eigenvalue weighted by atomic mass is 35.5. The second-order valence-electron chi connectivity index (χ2n) is 11.8. The largest absolute Gasteiger partial charge is 0.431 e. The van der Waals surface area contributed by atoms with Crippen LogP contribution in [-0.4, -0.2) is 28.3 Å². The van der Waals surface area contributed by atoms with Crippen molar-refractivity contribution in [1.82, 2.24) is 0 Å². The van der Waals surface area contributed by atoms with E-state index in [2.05, 4.69) is 45.9 Å².